The fourth-order valence-electron chi connectivity index (χ4n) is 3.09. The van der Waals surface area contributed by atoms with Crippen molar-refractivity contribution in [3.05, 3.63) is 29.6 Å². The van der Waals surface area contributed by atoms with Crippen LogP contribution in [0.5, 0.6) is 0 Å². The van der Waals surface area contributed by atoms with Crippen LogP contribution in [0.25, 0.3) is 11.0 Å². The maximum atomic E-state index is 11.1. The number of hydrogen-bond donors (Lipinski definition) is 1. The van der Waals surface area contributed by atoms with E-state index in [9.17, 15) is 4.79 Å². The number of carboxylic acid groups (broad SMARTS) is 1. The molecule has 0 radical (unpaired) electrons. The Morgan fingerprint density at radius 2 is 2.10 bits per heavy atom. The number of benzene rings is 1. The first-order chi connectivity index (χ1) is 9.47. The molecule has 0 saturated heterocycles. The first kappa shape index (κ1) is 11.9. The average Bonchev–Trinajstić information content (AvgIpc) is 3.28. The van der Waals surface area contributed by atoms with Crippen molar-refractivity contribution in [2.24, 2.45) is 5.41 Å². The van der Waals surface area contributed by atoms with E-state index in [1.807, 2.05) is 6.07 Å². The number of imidazole rings is 1. The van der Waals surface area contributed by atoms with E-state index in [0.29, 0.717) is 22.9 Å². The van der Waals surface area contributed by atoms with Crippen molar-refractivity contribution >= 4 is 17.0 Å². The predicted octanol–water partition coefficient (Wildman–Crippen LogP) is 3.58. The van der Waals surface area contributed by atoms with E-state index >= 15 is 0 Å². The number of aromatic carboxylic acids is 1. The van der Waals surface area contributed by atoms with Crippen LogP contribution in [-0.4, -0.2) is 20.6 Å². The molecule has 4 rings (SSSR count). The molecule has 4 heteroatoms. The molecular formula is C16H18N2O2. The van der Waals surface area contributed by atoms with Gasteiger partial charge in [0.15, 0.2) is 0 Å². The smallest absolute Gasteiger partial charge is 0.335 e. The Balaban J connectivity index is 1.91. The van der Waals surface area contributed by atoms with Crippen molar-refractivity contribution in [3.63, 3.8) is 0 Å². The van der Waals surface area contributed by atoms with Crippen LogP contribution in [0.15, 0.2) is 18.2 Å². The van der Waals surface area contributed by atoms with Gasteiger partial charge in [0.1, 0.15) is 5.82 Å². The molecule has 104 valence electrons. The Kier molecular flexibility index (Phi) is 2.16. The zero-order valence-corrected chi connectivity index (χ0v) is 11.8. The maximum absolute atomic E-state index is 11.1. The molecule has 2 saturated carbocycles. The lowest BCUT2D eigenvalue weighted by molar-refractivity contribution is 0.0697. The summed E-state index contributed by atoms with van der Waals surface area (Å²) in [5.74, 6) is 0.853. The highest BCUT2D eigenvalue weighted by atomic mass is 16.4. The molecule has 2 aliphatic rings. The van der Waals surface area contributed by atoms with Crippen molar-refractivity contribution in [2.75, 3.05) is 0 Å². The van der Waals surface area contributed by atoms with E-state index in [4.69, 9.17) is 10.1 Å². The molecule has 2 aromatic rings. The summed E-state index contributed by atoms with van der Waals surface area (Å²) in [6, 6.07) is 5.83. The van der Waals surface area contributed by atoms with E-state index in [-0.39, 0.29) is 0 Å². The van der Waals surface area contributed by atoms with Gasteiger partial charge in [0.25, 0.3) is 0 Å². The number of rotatable bonds is 3. The Hall–Kier alpha value is -1.84. The molecule has 2 aliphatic carbocycles. The quantitative estimate of drug-likeness (QED) is 0.927. The van der Waals surface area contributed by atoms with Gasteiger partial charge in [-0.05, 0) is 42.9 Å². The van der Waals surface area contributed by atoms with Crippen LogP contribution in [0.3, 0.4) is 0 Å². The van der Waals surface area contributed by atoms with Gasteiger partial charge in [-0.3, -0.25) is 0 Å². The molecule has 1 aromatic heterocycles. The highest BCUT2D eigenvalue weighted by molar-refractivity contribution is 5.92. The molecular weight excluding hydrogens is 252 g/mol. The van der Waals surface area contributed by atoms with Gasteiger partial charge in [0, 0.05) is 12.0 Å². The molecule has 1 aromatic carbocycles. The molecule has 20 heavy (non-hydrogen) atoms. The number of nitrogens with zero attached hydrogens (tertiary/aromatic N) is 2. The Bertz CT molecular complexity index is 725. The SMILES string of the molecule is CC1(C)CC1n1c(C2CC2)nc2cc(C(=O)O)ccc21. The third kappa shape index (κ3) is 1.67. The lowest BCUT2D eigenvalue weighted by atomic mass is 10.1. The molecule has 2 fully saturated rings. The summed E-state index contributed by atoms with van der Waals surface area (Å²) in [6.07, 6.45) is 3.60. The Morgan fingerprint density at radius 3 is 2.65 bits per heavy atom. The van der Waals surface area contributed by atoms with Crippen LogP contribution in [-0.2, 0) is 0 Å². The number of hydrogen-bond acceptors (Lipinski definition) is 2. The van der Waals surface area contributed by atoms with Gasteiger partial charge < -0.3 is 9.67 Å². The van der Waals surface area contributed by atoms with Crippen LogP contribution >= 0.6 is 0 Å². The summed E-state index contributed by atoms with van der Waals surface area (Å²) in [6.45, 7) is 4.57. The van der Waals surface area contributed by atoms with Gasteiger partial charge in [-0.1, -0.05) is 13.8 Å². The van der Waals surface area contributed by atoms with Gasteiger partial charge in [-0.15, -0.1) is 0 Å². The minimum atomic E-state index is -0.888. The van der Waals surface area contributed by atoms with Crippen molar-refractivity contribution in [2.45, 2.75) is 45.1 Å². The Labute approximate surface area is 117 Å². The average molecular weight is 270 g/mol. The lowest BCUT2D eigenvalue weighted by Gasteiger charge is -2.10. The second-order valence-corrected chi connectivity index (χ2v) is 6.83. The first-order valence-electron chi connectivity index (χ1n) is 7.22. The zero-order valence-electron chi connectivity index (χ0n) is 11.8. The summed E-state index contributed by atoms with van der Waals surface area (Å²) < 4.78 is 2.37. The largest absolute Gasteiger partial charge is 0.478 e. The van der Waals surface area contributed by atoms with E-state index in [2.05, 4.69) is 18.4 Å². The normalized spacial score (nSPS) is 24.0. The summed E-state index contributed by atoms with van der Waals surface area (Å²) >= 11 is 0. The molecule has 4 nitrogen and oxygen atoms in total. The molecule has 0 spiro atoms. The van der Waals surface area contributed by atoms with Crippen LogP contribution < -0.4 is 0 Å². The highest BCUT2D eigenvalue weighted by Crippen LogP contribution is 2.58. The third-order valence-corrected chi connectivity index (χ3v) is 4.68. The van der Waals surface area contributed by atoms with Crippen LogP contribution in [0.2, 0.25) is 0 Å². The summed E-state index contributed by atoms with van der Waals surface area (Å²) in [7, 11) is 0. The third-order valence-electron chi connectivity index (χ3n) is 4.68. The predicted molar refractivity (Wildman–Crippen MR) is 76.1 cm³/mol. The second-order valence-electron chi connectivity index (χ2n) is 6.83. The van der Waals surface area contributed by atoms with Crippen molar-refractivity contribution in [3.8, 4) is 0 Å². The van der Waals surface area contributed by atoms with Crippen molar-refractivity contribution < 1.29 is 9.90 Å². The molecule has 1 N–H and O–H groups in total. The molecule has 1 unspecified atom stereocenters. The monoisotopic (exact) mass is 270 g/mol. The highest BCUT2D eigenvalue weighted by Gasteiger charge is 2.49. The number of fused-ring (bicyclic) bond motifs is 1. The number of carboxylic acids is 1. The van der Waals surface area contributed by atoms with Crippen molar-refractivity contribution in [1.29, 1.82) is 0 Å². The fourth-order valence-corrected chi connectivity index (χ4v) is 3.09. The van der Waals surface area contributed by atoms with Crippen LogP contribution in [0.1, 0.15) is 61.3 Å². The lowest BCUT2D eigenvalue weighted by Crippen LogP contribution is -2.04. The van der Waals surface area contributed by atoms with Gasteiger partial charge in [0.05, 0.1) is 16.6 Å². The molecule has 0 aliphatic heterocycles. The minimum Gasteiger partial charge on any atom is -0.478 e. The minimum absolute atomic E-state index is 0.319. The van der Waals surface area contributed by atoms with Gasteiger partial charge in [-0.2, -0.15) is 0 Å². The molecule has 0 bridgehead atoms. The first-order valence-corrected chi connectivity index (χ1v) is 7.22. The standard InChI is InChI=1S/C16H18N2O2/c1-16(2)8-13(16)18-12-6-5-10(15(19)20)7-11(12)17-14(18)9-3-4-9/h5-7,9,13H,3-4,8H2,1-2H3,(H,19,20). The summed E-state index contributed by atoms with van der Waals surface area (Å²) in [4.78, 5) is 15.8. The molecule has 0 amide bonds. The van der Waals surface area contributed by atoms with E-state index in [1.54, 1.807) is 12.1 Å². The van der Waals surface area contributed by atoms with Crippen molar-refractivity contribution in [1.82, 2.24) is 9.55 Å². The fraction of sp³-hybridized carbons (Fsp3) is 0.500. The maximum Gasteiger partial charge on any atom is 0.335 e. The topological polar surface area (TPSA) is 55.1 Å². The van der Waals surface area contributed by atoms with E-state index in [1.165, 1.54) is 19.3 Å². The van der Waals surface area contributed by atoms with E-state index in [0.717, 1.165) is 16.9 Å². The summed E-state index contributed by atoms with van der Waals surface area (Å²) in [5, 5.41) is 9.11. The summed E-state index contributed by atoms with van der Waals surface area (Å²) in [5.41, 5.74) is 2.57. The second kappa shape index (κ2) is 3.62. The molecule has 1 heterocycles. The van der Waals surface area contributed by atoms with Crippen LogP contribution in [0, 0.1) is 5.41 Å². The van der Waals surface area contributed by atoms with Crippen LogP contribution in [0.4, 0.5) is 0 Å². The Morgan fingerprint density at radius 1 is 1.40 bits per heavy atom. The zero-order chi connectivity index (χ0) is 14.1. The van der Waals surface area contributed by atoms with Gasteiger partial charge in [-0.25, -0.2) is 9.78 Å². The number of aromatic nitrogens is 2. The van der Waals surface area contributed by atoms with E-state index < -0.39 is 5.97 Å². The van der Waals surface area contributed by atoms with Gasteiger partial charge >= 0.3 is 5.97 Å². The van der Waals surface area contributed by atoms with Gasteiger partial charge in [0.2, 0.25) is 0 Å². The molecule has 1 atom stereocenters. The number of carbonyl (C=O) groups is 1.